The van der Waals surface area contributed by atoms with Crippen molar-refractivity contribution in [3.8, 4) is 17.0 Å². The number of alkyl halides is 1. The fraction of sp³-hybridized carbons (Fsp3) is 0.0909. The predicted octanol–water partition coefficient (Wildman–Crippen LogP) is 1.88. The molecule has 82 valence electrons. The SMILES string of the molecule is O=c1[nH]c(CCl)nc(O)c1-c1ccccc1. The summed E-state index contributed by atoms with van der Waals surface area (Å²) in [5.74, 6) is 0.00663. The van der Waals surface area contributed by atoms with Gasteiger partial charge in [0.25, 0.3) is 5.56 Å². The van der Waals surface area contributed by atoms with E-state index < -0.39 is 5.56 Å². The van der Waals surface area contributed by atoms with Crippen LogP contribution in [-0.2, 0) is 5.88 Å². The van der Waals surface area contributed by atoms with E-state index in [1.54, 1.807) is 24.3 Å². The van der Waals surface area contributed by atoms with Gasteiger partial charge in [0.15, 0.2) is 0 Å². The maximum Gasteiger partial charge on any atom is 0.262 e. The maximum absolute atomic E-state index is 11.7. The molecule has 1 heterocycles. The van der Waals surface area contributed by atoms with E-state index in [0.717, 1.165) is 0 Å². The second-order valence-electron chi connectivity index (χ2n) is 3.21. The van der Waals surface area contributed by atoms with Crippen molar-refractivity contribution in [1.82, 2.24) is 9.97 Å². The molecule has 5 heteroatoms. The molecule has 0 aliphatic heterocycles. The minimum absolute atomic E-state index is 0.0534. The molecule has 2 aromatic rings. The van der Waals surface area contributed by atoms with Crippen molar-refractivity contribution in [2.75, 3.05) is 0 Å². The molecular formula is C11H9ClN2O2. The highest BCUT2D eigenvalue weighted by Crippen LogP contribution is 2.22. The molecule has 0 fully saturated rings. The zero-order valence-electron chi connectivity index (χ0n) is 8.27. The molecule has 0 bridgehead atoms. The number of H-pyrrole nitrogens is 1. The Morgan fingerprint density at radius 3 is 2.56 bits per heavy atom. The van der Waals surface area contributed by atoms with Gasteiger partial charge in [-0.25, -0.2) is 0 Å². The van der Waals surface area contributed by atoms with E-state index in [4.69, 9.17) is 11.6 Å². The van der Waals surface area contributed by atoms with Crippen LogP contribution in [0.5, 0.6) is 5.88 Å². The standard InChI is InChI=1S/C11H9ClN2O2/c12-6-8-13-10(15)9(11(16)14-8)7-4-2-1-3-5-7/h1-5H,6H2,(H2,13,14,15,16). The molecule has 1 aromatic carbocycles. The van der Waals surface area contributed by atoms with Gasteiger partial charge in [0.1, 0.15) is 11.4 Å². The monoisotopic (exact) mass is 236 g/mol. The third-order valence-corrected chi connectivity index (χ3v) is 2.39. The first kappa shape index (κ1) is 10.7. The second kappa shape index (κ2) is 4.37. The topological polar surface area (TPSA) is 66.0 Å². The summed E-state index contributed by atoms with van der Waals surface area (Å²) in [5, 5.41) is 9.67. The lowest BCUT2D eigenvalue weighted by molar-refractivity contribution is 0.451. The second-order valence-corrected chi connectivity index (χ2v) is 3.48. The molecule has 0 amide bonds. The Balaban J connectivity index is 2.63. The maximum atomic E-state index is 11.7. The third-order valence-electron chi connectivity index (χ3n) is 2.14. The Morgan fingerprint density at radius 1 is 1.31 bits per heavy atom. The van der Waals surface area contributed by atoms with Crippen LogP contribution in [-0.4, -0.2) is 15.1 Å². The zero-order chi connectivity index (χ0) is 11.5. The van der Waals surface area contributed by atoms with Crippen LogP contribution in [0.15, 0.2) is 35.1 Å². The fourth-order valence-corrected chi connectivity index (χ4v) is 1.56. The molecule has 0 unspecified atom stereocenters. The van der Waals surface area contributed by atoms with Gasteiger partial charge in [-0.1, -0.05) is 30.3 Å². The van der Waals surface area contributed by atoms with Crippen LogP contribution in [0, 0.1) is 0 Å². The van der Waals surface area contributed by atoms with Crippen molar-refractivity contribution < 1.29 is 5.11 Å². The highest BCUT2D eigenvalue weighted by molar-refractivity contribution is 6.16. The van der Waals surface area contributed by atoms with Crippen molar-refractivity contribution in [3.05, 3.63) is 46.5 Å². The number of rotatable bonds is 2. The van der Waals surface area contributed by atoms with Gasteiger partial charge in [-0.15, -0.1) is 11.6 Å². The molecule has 0 radical (unpaired) electrons. The molecule has 0 atom stereocenters. The average molecular weight is 237 g/mol. The number of aromatic nitrogens is 2. The first-order valence-electron chi connectivity index (χ1n) is 4.66. The van der Waals surface area contributed by atoms with Gasteiger partial charge >= 0.3 is 0 Å². The molecule has 2 rings (SSSR count). The van der Waals surface area contributed by atoms with Crippen LogP contribution < -0.4 is 5.56 Å². The van der Waals surface area contributed by atoms with Crippen molar-refractivity contribution in [3.63, 3.8) is 0 Å². The van der Waals surface area contributed by atoms with Gasteiger partial charge in [-0.05, 0) is 5.56 Å². The summed E-state index contributed by atoms with van der Waals surface area (Å²) in [4.78, 5) is 18.0. The number of aromatic hydroxyl groups is 1. The first-order valence-corrected chi connectivity index (χ1v) is 5.19. The van der Waals surface area contributed by atoms with Crippen molar-refractivity contribution >= 4 is 11.6 Å². The van der Waals surface area contributed by atoms with E-state index in [2.05, 4.69) is 9.97 Å². The lowest BCUT2D eigenvalue weighted by Gasteiger charge is -2.03. The number of halogens is 1. The average Bonchev–Trinajstić information content (AvgIpc) is 2.29. The summed E-state index contributed by atoms with van der Waals surface area (Å²) >= 11 is 5.53. The van der Waals surface area contributed by atoms with Gasteiger partial charge < -0.3 is 10.1 Å². The highest BCUT2D eigenvalue weighted by atomic mass is 35.5. The molecule has 0 saturated heterocycles. The fourth-order valence-electron chi connectivity index (χ4n) is 1.44. The van der Waals surface area contributed by atoms with Crippen LogP contribution >= 0.6 is 11.6 Å². The molecule has 0 aliphatic carbocycles. The Bertz CT molecular complexity index is 552. The van der Waals surface area contributed by atoms with E-state index in [1.165, 1.54) is 0 Å². The summed E-state index contributed by atoms with van der Waals surface area (Å²) < 4.78 is 0. The van der Waals surface area contributed by atoms with Gasteiger partial charge in [0.2, 0.25) is 5.88 Å². The Labute approximate surface area is 96.6 Å². The van der Waals surface area contributed by atoms with Crippen LogP contribution in [0.2, 0.25) is 0 Å². The third kappa shape index (κ3) is 1.92. The molecule has 2 N–H and O–H groups in total. The summed E-state index contributed by atoms with van der Waals surface area (Å²) in [6.07, 6.45) is 0. The van der Waals surface area contributed by atoms with Gasteiger partial charge in [-0.3, -0.25) is 4.79 Å². The molecule has 0 aliphatic rings. The minimum atomic E-state index is -0.394. The number of hydrogen-bond acceptors (Lipinski definition) is 3. The van der Waals surface area contributed by atoms with Crippen molar-refractivity contribution in [2.45, 2.75) is 5.88 Å². The lowest BCUT2D eigenvalue weighted by Crippen LogP contribution is -2.13. The number of nitrogens with zero attached hydrogens (tertiary/aromatic N) is 1. The van der Waals surface area contributed by atoms with E-state index in [1.807, 2.05) is 6.07 Å². The van der Waals surface area contributed by atoms with E-state index in [-0.39, 0.29) is 23.1 Å². The molecule has 16 heavy (non-hydrogen) atoms. The minimum Gasteiger partial charge on any atom is -0.493 e. The Kier molecular flexibility index (Phi) is 2.92. The first-order chi connectivity index (χ1) is 7.72. The zero-order valence-corrected chi connectivity index (χ0v) is 9.03. The quantitative estimate of drug-likeness (QED) is 0.783. The van der Waals surface area contributed by atoms with Crippen molar-refractivity contribution in [1.29, 1.82) is 0 Å². The van der Waals surface area contributed by atoms with E-state index >= 15 is 0 Å². The number of aromatic amines is 1. The molecule has 1 aromatic heterocycles. The van der Waals surface area contributed by atoms with Crippen LogP contribution in [0.3, 0.4) is 0 Å². The van der Waals surface area contributed by atoms with Gasteiger partial charge in [-0.2, -0.15) is 4.98 Å². The van der Waals surface area contributed by atoms with Gasteiger partial charge in [0.05, 0.1) is 5.88 Å². The van der Waals surface area contributed by atoms with Crippen LogP contribution in [0.25, 0.3) is 11.1 Å². The Morgan fingerprint density at radius 2 is 2.00 bits per heavy atom. The summed E-state index contributed by atoms with van der Waals surface area (Å²) in [5.41, 5.74) is 0.388. The van der Waals surface area contributed by atoms with Crippen LogP contribution in [0.4, 0.5) is 0 Å². The lowest BCUT2D eigenvalue weighted by atomic mass is 10.1. The predicted molar refractivity (Wildman–Crippen MR) is 61.5 cm³/mol. The number of nitrogens with one attached hydrogen (secondary N) is 1. The smallest absolute Gasteiger partial charge is 0.262 e. The summed E-state index contributed by atoms with van der Waals surface area (Å²) in [6.45, 7) is 0. The molecule has 4 nitrogen and oxygen atoms in total. The van der Waals surface area contributed by atoms with Crippen LogP contribution in [0.1, 0.15) is 5.82 Å². The number of benzene rings is 1. The van der Waals surface area contributed by atoms with Gasteiger partial charge in [0, 0.05) is 0 Å². The Hall–Kier alpha value is -1.81. The molecular weight excluding hydrogens is 228 g/mol. The highest BCUT2D eigenvalue weighted by Gasteiger charge is 2.11. The summed E-state index contributed by atoms with van der Waals surface area (Å²) in [7, 11) is 0. The largest absolute Gasteiger partial charge is 0.493 e. The van der Waals surface area contributed by atoms with Crippen molar-refractivity contribution in [2.24, 2.45) is 0 Å². The van der Waals surface area contributed by atoms with E-state index in [0.29, 0.717) is 5.56 Å². The summed E-state index contributed by atoms with van der Waals surface area (Å²) in [6, 6.07) is 8.85. The molecule has 0 saturated carbocycles. The number of hydrogen-bond donors (Lipinski definition) is 2. The van der Waals surface area contributed by atoms with E-state index in [9.17, 15) is 9.90 Å². The normalized spacial score (nSPS) is 10.3. The molecule has 0 spiro atoms.